The first-order chi connectivity index (χ1) is 17.9. The van der Waals surface area contributed by atoms with Gasteiger partial charge in [-0.2, -0.15) is 0 Å². The van der Waals surface area contributed by atoms with Crippen molar-refractivity contribution in [3.05, 3.63) is 105 Å². The van der Waals surface area contributed by atoms with Crippen LogP contribution in [0.25, 0.3) is 0 Å². The second-order valence-electron chi connectivity index (χ2n) is 9.58. The molecule has 0 bridgehead atoms. The largest absolute Gasteiger partial charge is 0.352 e. The van der Waals surface area contributed by atoms with Crippen molar-refractivity contribution in [3.63, 3.8) is 0 Å². The van der Waals surface area contributed by atoms with Gasteiger partial charge in [-0.05, 0) is 48.2 Å². The highest BCUT2D eigenvalue weighted by molar-refractivity contribution is 6.36. The number of halogens is 3. The van der Waals surface area contributed by atoms with Gasteiger partial charge >= 0.3 is 0 Å². The van der Waals surface area contributed by atoms with Crippen LogP contribution in [0, 0.1) is 0 Å². The first-order valence-corrected chi connectivity index (χ1v) is 13.8. The molecule has 0 aliphatic heterocycles. The number of carbonyl (C=O) groups is 2. The van der Waals surface area contributed by atoms with E-state index in [1.165, 1.54) is 6.42 Å². The Morgan fingerprint density at radius 3 is 2.16 bits per heavy atom. The standard InChI is InChI=1S/C30H31Cl3N2O2/c31-23-12-7-11-22(17-23)19-29(36)35(20-25-26(32)15-8-16-27(25)33)28(18-21-9-3-1-4-10-21)30(37)34-24-13-5-2-6-14-24/h1,3-4,7-12,15-17,24,28H,2,5-6,13-14,18-20H2,(H,34,37)/t28-/m0/s1. The minimum atomic E-state index is -0.733. The van der Waals surface area contributed by atoms with Crippen LogP contribution in [0.2, 0.25) is 15.1 Å². The summed E-state index contributed by atoms with van der Waals surface area (Å²) in [5.41, 5.74) is 2.37. The van der Waals surface area contributed by atoms with Crippen molar-refractivity contribution in [3.8, 4) is 0 Å². The van der Waals surface area contributed by atoms with Crippen LogP contribution in [0.4, 0.5) is 0 Å². The van der Waals surface area contributed by atoms with E-state index in [9.17, 15) is 9.59 Å². The number of hydrogen-bond donors (Lipinski definition) is 1. The molecule has 3 aromatic carbocycles. The van der Waals surface area contributed by atoms with Crippen LogP contribution < -0.4 is 5.32 Å². The fourth-order valence-electron chi connectivity index (χ4n) is 4.88. The van der Waals surface area contributed by atoms with Gasteiger partial charge in [-0.15, -0.1) is 0 Å². The van der Waals surface area contributed by atoms with Gasteiger partial charge in [0.15, 0.2) is 0 Å². The van der Waals surface area contributed by atoms with Gasteiger partial charge < -0.3 is 10.2 Å². The zero-order chi connectivity index (χ0) is 26.2. The lowest BCUT2D eigenvalue weighted by atomic mass is 9.94. The van der Waals surface area contributed by atoms with Crippen LogP contribution in [-0.2, 0) is 29.0 Å². The highest BCUT2D eigenvalue weighted by atomic mass is 35.5. The van der Waals surface area contributed by atoms with Crippen LogP contribution in [0.3, 0.4) is 0 Å². The number of benzene rings is 3. The van der Waals surface area contributed by atoms with Crippen molar-refractivity contribution in [2.45, 2.75) is 63.6 Å². The minimum Gasteiger partial charge on any atom is -0.352 e. The normalized spacial score (nSPS) is 14.7. The number of rotatable bonds is 9. The second-order valence-corrected chi connectivity index (χ2v) is 10.8. The maximum atomic E-state index is 13.9. The lowest BCUT2D eigenvalue weighted by Gasteiger charge is -2.34. The Hall–Kier alpha value is -2.53. The molecule has 37 heavy (non-hydrogen) atoms. The number of nitrogens with zero attached hydrogens (tertiary/aromatic N) is 1. The molecule has 1 fully saturated rings. The molecule has 0 aromatic heterocycles. The van der Waals surface area contributed by atoms with Crippen LogP contribution >= 0.6 is 34.8 Å². The van der Waals surface area contributed by atoms with Crippen LogP contribution in [-0.4, -0.2) is 28.8 Å². The summed E-state index contributed by atoms with van der Waals surface area (Å²) in [5, 5.41) is 4.72. The monoisotopic (exact) mass is 556 g/mol. The summed E-state index contributed by atoms with van der Waals surface area (Å²) in [4.78, 5) is 29.4. The third kappa shape index (κ3) is 7.73. The second kappa shape index (κ2) is 13.3. The first kappa shape index (κ1) is 27.5. The molecule has 3 aromatic rings. The van der Waals surface area contributed by atoms with E-state index >= 15 is 0 Å². The van der Waals surface area contributed by atoms with Gasteiger partial charge in [-0.1, -0.05) is 103 Å². The molecule has 0 saturated heterocycles. The lowest BCUT2D eigenvalue weighted by Crippen LogP contribution is -2.53. The maximum absolute atomic E-state index is 13.9. The Morgan fingerprint density at radius 1 is 0.838 bits per heavy atom. The highest BCUT2D eigenvalue weighted by Gasteiger charge is 2.32. The first-order valence-electron chi connectivity index (χ1n) is 12.7. The van der Waals surface area contributed by atoms with Crippen LogP contribution in [0.1, 0.15) is 48.8 Å². The number of nitrogens with one attached hydrogen (secondary N) is 1. The lowest BCUT2D eigenvalue weighted by molar-refractivity contribution is -0.141. The molecule has 1 aliphatic carbocycles. The molecular formula is C30H31Cl3N2O2. The topological polar surface area (TPSA) is 49.4 Å². The van der Waals surface area contributed by atoms with Gasteiger partial charge in [0.2, 0.25) is 11.8 Å². The number of hydrogen-bond acceptors (Lipinski definition) is 2. The van der Waals surface area contributed by atoms with Crippen molar-refractivity contribution in [1.82, 2.24) is 10.2 Å². The van der Waals surface area contributed by atoms with E-state index in [-0.39, 0.29) is 30.8 Å². The molecule has 1 N–H and O–H groups in total. The fraction of sp³-hybridized carbons (Fsp3) is 0.333. The minimum absolute atomic E-state index is 0.102. The molecule has 4 nitrogen and oxygen atoms in total. The zero-order valence-corrected chi connectivity index (χ0v) is 22.9. The summed E-state index contributed by atoms with van der Waals surface area (Å²) < 4.78 is 0. The predicted octanol–water partition coefficient (Wildman–Crippen LogP) is 7.28. The van der Waals surface area contributed by atoms with Crippen LogP contribution in [0.5, 0.6) is 0 Å². The van der Waals surface area contributed by atoms with Gasteiger partial charge in [0.05, 0.1) is 6.42 Å². The molecule has 0 radical (unpaired) electrons. The molecule has 0 heterocycles. The van der Waals surface area contributed by atoms with Crippen molar-refractivity contribution in [2.24, 2.45) is 0 Å². The average Bonchev–Trinajstić information content (AvgIpc) is 2.88. The van der Waals surface area contributed by atoms with Gasteiger partial charge in [0.25, 0.3) is 0 Å². The fourth-order valence-corrected chi connectivity index (χ4v) is 5.60. The van der Waals surface area contributed by atoms with E-state index in [2.05, 4.69) is 5.32 Å². The third-order valence-electron chi connectivity index (χ3n) is 6.86. The van der Waals surface area contributed by atoms with E-state index < -0.39 is 6.04 Å². The van der Waals surface area contributed by atoms with Gasteiger partial charge in [0.1, 0.15) is 6.04 Å². The highest BCUT2D eigenvalue weighted by Crippen LogP contribution is 2.28. The molecule has 2 amide bonds. The number of carbonyl (C=O) groups excluding carboxylic acids is 2. The average molecular weight is 558 g/mol. The summed E-state index contributed by atoms with van der Waals surface area (Å²) in [6.07, 6.45) is 5.78. The predicted molar refractivity (Wildman–Crippen MR) is 151 cm³/mol. The Bertz CT molecular complexity index is 1190. The van der Waals surface area contributed by atoms with E-state index in [1.807, 2.05) is 42.5 Å². The Labute approximate surface area is 233 Å². The molecule has 1 saturated carbocycles. The van der Waals surface area contributed by atoms with Gasteiger partial charge in [-0.25, -0.2) is 0 Å². The summed E-state index contributed by atoms with van der Waals surface area (Å²) in [5.74, 6) is -0.351. The summed E-state index contributed by atoms with van der Waals surface area (Å²) in [6.45, 7) is 0.119. The molecule has 0 spiro atoms. The van der Waals surface area contributed by atoms with E-state index in [4.69, 9.17) is 34.8 Å². The number of amides is 2. The van der Waals surface area contributed by atoms with Gasteiger partial charge in [0, 0.05) is 39.6 Å². The summed E-state index contributed by atoms with van der Waals surface area (Å²) >= 11 is 19.2. The molecule has 0 unspecified atom stereocenters. The molecule has 7 heteroatoms. The van der Waals surface area contributed by atoms with E-state index in [0.717, 1.165) is 36.8 Å². The molecular weight excluding hydrogens is 527 g/mol. The maximum Gasteiger partial charge on any atom is 0.243 e. The van der Waals surface area contributed by atoms with Gasteiger partial charge in [-0.3, -0.25) is 9.59 Å². The smallest absolute Gasteiger partial charge is 0.243 e. The third-order valence-corrected chi connectivity index (χ3v) is 7.80. The SMILES string of the molecule is O=C(NC1CCCCC1)[C@H](Cc1ccccc1)N(Cc1c(Cl)cccc1Cl)C(=O)Cc1cccc(Cl)c1. The van der Waals surface area contributed by atoms with E-state index in [0.29, 0.717) is 27.1 Å². The van der Waals surface area contributed by atoms with Crippen molar-refractivity contribution >= 4 is 46.6 Å². The Morgan fingerprint density at radius 2 is 1.49 bits per heavy atom. The Kier molecular flexibility index (Phi) is 9.90. The Balaban J connectivity index is 1.69. The molecule has 194 valence electrons. The molecule has 4 rings (SSSR count). The van der Waals surface area contributed by atoms with Crippen molar-refractivity contribution < 1.29 is 9.59 Å². The van der Waals surface area contributed by atoms with Crippen molar-refractivity contribution in [1.29, 1.82) is 0 Å². The zero-order valence-electron chi connectivity index (χ0n) is 20.6. The summed E-state index contributed by atoms with van der Waals surface area (Å²) in [7, 11) is 0. The van der Waals surface area contributed by atoms with Crippen LogP contribution in [0.15, 0.2) is 72.8 Å². The van der Waals surface area contributed by atoms with E-state index in [1.54, 1.807) is 35.2 Å². The summed E-state index contributed by atoms with van der Waals surface area (Å²) in [6, 6.07) is 21.6. The molecule has 1 aliphatic rings. The quantitative estimate of drug-likeness (QED) is 0.301. The van der Waals surface area contributed by atoms with Crippen molar-refractivity contribution in [2.75, 3.05) is 0 Å². The molecule has 1 atom stereocenters.